The molecule has 0 radical (unpaired) electrons. The quantitative estimate of drug-likeness (QED) is 0.409. The summed E-state index contributed by atoms with van der Waals surface area (Å²) in [4.78, 5) is 13.1. The van der Waals surface area contributed by atoms with Crippen LogP contribution in [0.1, 0.15) is 6.42 Å². The van der Waals surface area contributed by atoms with E-state index in [1.165, 1.54) is 18.2 Å². The predicted molar refractivity (Wildman–Crippen MR) is 49.5 cm³/mol. The van der Waals surface area contributed by atoms with Gasteiger partial charge < -0.3 is 4.74 Å². The van der Waals surface area contributed by atoms with Crippen LogP contribution in [0.4, 0.5) is 4.39 Å². The van der Waals surface area contributed by atoms with Crippen molar-refractivity contribution in [2.24, 2.45) is 4.99 Å². The average molecular weight is 195 g/mol. The number of hydrogen-bond acceptors (Lipinski definition) is 3. The van der Waals surface area contributed by atoms with E-state index in [4.69, 9.17) is 4.74 Å². The maximum atomic E-state index is 12.6. The molecule has 1 aromatic carbocycles. The standard InChI is InChI=1S/C10H10FNO2/c11-9-3-1-4-10(7-9)14-6-2-5-12-8-13/h1,3-4,7H,2,5-6H2. The van der Waals surface area contributed by atoms with Crippen molar-refractivity contribution in [1.82, 2.24) is 0 Å². The number of isocyanates is 1. The van der Waals surface area contributed by atoms with Gasteiger partial charge in [-0.25, -0.2) is 14.2 Å². The molecule has 14 heavy (non-hydrogen) atoms. The molecule has 4 heteroatoms. The first kappa shape index (κ1) is 10.4. The summed E-state index contributed by atoms with van der Waals surface area (Å²) < 4.78 is 17.9. The van der Waals surface area contributed by atoms with Crippen molar-refractivity contribution in [2.75, 3.05) is 13.2 Å². The fourth-order valence-electron chi connectivity index (χ4n) is 0.936. The van der Waals surface area contributed by atoms with Crippen molar-refractivity contribution in [3.63, 3.8) is 0 Å². The Balaban J connectivity index is 2.27. The minimum atomic E-state index is -0.326. The van der Waals surface area contributed by atoms with Crippen LogP contribution in [0.2, 0.25) is 0 Å². The van der Waals surface area contributed by atoms with Gasteiger partial charge in [0.1, 0.15) is 11.6 Å². The van der Waals surface area contributed by atoms with Gasteiger partial charge in [0.05, 0.1) is 13.2 Å². The molecule has 0 spiro atoms. The lowest BCUT2D eigenvalue weighted by atomic mass is 10.3. The van der Waals surface area contributed by atoms with Crippen LogP contribution in [-0.4, -0.2) is 19.2 Å². The molecule has 0 atom stereocenters. The highest BCUT2D eigenvalue weighted by molar-refractivity contribution is 5.32. The zero-order valence-corrected chi connectivity index (χ0v) is 7.57. The molecule has 0 unspecified atom stereocenters. The van der Waals surface area contributed by atoms with Gasteiger partial charge in [-0.3, -0.25) is 0 Å². The van der Waals surface area contributed by atoms with Gasteiger partial charge in [0.25, 0.3) is 0 Å². The number of aliphatic imine (C=N–C) groups is 1. The van der Waals surface area contributed by atoms with E-state index >= 15 is 0 Å². The van der Waals surface area contributed by atoms with Gasteiger partial charge in [-0.05, 0) is 12.1 Å². The smallest absolute Gasteiger partial charge is 0.234 e. The predicted octanol–water partition coefficient (Wildman–Crippen LogP) is 1.93. The number of nitrogens with zero attached hydrogens (tertiary/aromatic N) is 1. The van der Waals surface area contributed by atoms with Gasteiger partial charge in [-0.2, -0.15) is 0 Å². The molecule has 0 saturated heterocycles. The average Bonchev–Trinajstić information content (AvgIpc) is 2.18. The van der Waals surface area contributed by atoms with E-state index in [-0.39, 0.29) is 5.82 Å². The van der Waals surface area contributed by atoms with Gasteiger partial charge >= 0.3 is 0 Å². The summed E-state index contributed by atoms with van der Waals surface area (Å²) in [6, 6.07) is 5.91. The number of hydrogen-bond donors (Lipinski definition) is 0. The van der Waals surface area contributed by atoms with Crippen LogP contribution in [0.3, 0.4) is 0 Å². The van der Waals surface area contributed by atoms with Gasteiger partial charge in [-0.15, -0.1) is 0 Å². The molecule has 0 aliphatic rings. The minimum absolute atomic E-state index is 0.326. The maximum Gasteiger partial charge on any atom is 0.234 e. The van der Waals surface area contributed by atoms with Crippen molar-refractivity contribution in [1.29, 1.82) is 0 Å². The Morgan fingerprint density at radius 1 is 1.50 bits per heavy atom. The van der Waals surface area contributed by atoms with E-state index in [1.54, 1.807) is 12.1 Å². The monoisotopic (exact) mass is 195 g/mol. The lowest BCUT2D eigenvalue weighted by Crippen LogP contribution is -1.99. The van der Waals surface area contributed by atoms with Gasteiger partial charge in [0, 0.05) is 12.5 Å². The number of rotatable bonds is 5. The lowest BCUT2D eigenvalue weighted by molar-refractivity contribution is 0.312. The van der Waals surface area contributed by atoms with Crippen LogP contribution >= 0.6 is 0 Å². The Morgan fingerprint density at radius 2 is 2.36 bits per heavy atom. The summed E-state index contributed by atoms with van der Waals surface area (Å²) in [7, 11) is 0. The second-order valence-corrected chi connectivity index (χ2v) is 2.63. The lowest BCUT2D eigenvalue weighted by Gasteiger charge is -2.03. The number of ether oxygens (including phenoxy) is 1. The van der Waals surface area contributed by atoms with Crippen LogP contribution in [0, 0.1) is 5.82 Å². The van der Waals surface area contributed by atoms with Crippen molar-refractivity contribution in [3.05, 3.63) is 30.1 Å². The number of halogens is 1. The van der Waals surface area contributed by atoms with E-state index in [0.717, 1.165) is 0 Å². The van der Waals surface area contributed by atoms with Crippen molar-refractivity contribution >= 4 is 6.08 Å². The summed E-state index contributed by atoms with van der Waals surface area (Å²) in [6.45, 7) is 0.799. The zero-order valence-electron chi connectivity index (χ0n) is 7.57. The molecule has 0 bridgehead atoms. The van der Waals surface area contributed by atoms with Crippen LogP contribution in [0.5, 0.6) is 5.75 Å². The molecule has 1 aromatic rings. The van der Waals surface area contributed by atoms with Crippen molar-refractivity contribution < 1.29 is 13.9 Å². The third kappa shape index (κ3) is 3.83. The molecule has 74 valence electrons. The van der Waals surface area contributed by atoms with Gasteiger partial charge in [-0.1, -0.05) is 6.07 Å². The molecule has 3 nitrogen and oxygen atoms in total. The summed E-state index contributed by atoms with van der Waals surface area (Å²) >= 11 is 0. The molecule has 1 rings (SSSR count). The summed E-state index contributed by atoms with van der Waals surface area (Å²) in [5, 5.41) is 0. The van der Waals surface area contributed by atoms with Crippen LogP contribution in [0.15, 0.2) is 29.3 Å². The topological polar surface area (TPSA) is 38.7 Å². The zero-order chi connectivity index (χ0) is 10.2. The Kier molecular flexibility index (Phi) is 4.38. The first-order valence-electron chi connectivity index (χ1n) is 4.25. The van der Waals surface area contributed by atoms with E-state index in [9.17, 15) is 9.18 Å². The number of benzene rings is 1. The number of carbonyl (C=O) groups excluding carboxylic acids is 1. The molecule has 0 amide bonds. The fourth-order valence-corrected chi connectivity index (χ4v) is 0.936. The first-order valence-corrected chi connectivity index (χ1v) is 4.25. The van der Waals surface area contributed by atoms with Crippen LogP contribution in [-0.2, 0) is 4.79 Å². The minimum Gasteiger partial charge on any atom is -0.493 e. The SMILES string of the molecule is O=C=NCCCOc1cccc(F)c1. The Labute approximate surface area is 81.2 Å². The largest absolute Gasteiger partial charge is 0.493 e. The summed E-state index contributed by atoms with van der Waals surface area (Å²) in [5.41, 5.74) is 0. The fraction of sp³-hybridized carbons (Fsp3) is 0.300. The van der Waals surface area contributed by atoms with E-state index in [1.807, 2.05) is 0 Å². The molecule has 0 saturated carbocycles. The molecule has 0 aliphatic carbocycles. The van der Waals surface area contributed by atoms with E-state index in [2.05, 4.69) is 4.99 Å². The Bertz CT molecular complexity index is 335. The highest BCUT2D eigenvalue weighted by Gasteiger charge is 1.94. The highest BCUT2D eigenvalue weighted by Crippen LogP contribution is 2.11. The molecule has 0 N–H and O–H groups in total. The molecule has 0 aromatic heterocycles. The van der Waals surface area contributed by atoms with E-state index in [0.29, 0.717) is 25.3 Å². The first-order chi connectivity index (χ1) is 6.83. The third-order valence-corrected chi connectivity index (χ3v) is 1.54. The second-order valence-electron chi connectivity index (χ2n) is 2.63. The molecule has 0 fully saturated rings. The molecule has 0 aliphatic heterocycles. The Morgan fingerprint density at radius 3 is 3.07 bits per heavy atom. The van der Waals surface area contributed by atoms with Crippen molar-refractivity contribution in [2.45, 2.75) is 6.42 Å². The van der Waals surface area contributed by atoms with Gasteiger partial charge in [0.15, 0.2) is 0 Å². The Hall–Kier alpha value is -1.67. The third-order valence-electron chi connectivity index (χ3n) is 1.54. The van der Waals surface area contributed by atoms with Crippen LogP contribution < -0.4 is 4.74 Å². The molecule has 0 heterocycles. The normalized spacial score (nSPS) is 9.21. The summed E-state index contributed by atoms with van der Waals surface area (Å²) in [5.74, 6) is 0.161. The molecular formula is C10H10FNO2. The van der Waals surface area contributed by atoms with Crippen molar-refractivity contribution in [3.8, 4) is 5.75 Å². The summed E-state index contributed by atoms with van der Waals surface area (Å²) in [6.07, 6.45) is 2.05. The van der Waals surface area contributed by atoms with Crippen LogP contribution in [0.25, 0.3) is 0 Å². The van der Waals surface area contributed by atoms with Gasteiger partial charge in [0.2, 0.25) is 6.08 Å². The second kappa shape index (κ2) is 5.89. The molecular weight excluding hydrogens is 185 g/mol. The maximum absolute atomic E-state index is 12.6. The highest BCUT2D eigenvalue weighted by atomic mass is 19.1. The van der Waals surface area contributed by atoms with E-state index < -0.39 is 0 Å².